The number of benzene rings is 1. The fourth-order valence-corrected chi connectivity index (χ4v) is 2.81. The normalized spacial score (nSPS) is 11.4. The van der Waals surface area contributed by atoms with E-state index >= 15 is 0 Å². The third-order valence-corrected chi connectivity index (χ3v) is 3.75. The minimum absolute atomic E-state index is 0.00366. The van der Waals surface area contributed by atoms with Gasteiger partial charge in [-0.25, -0.2) is 0 Å². The summed E-state index contributed by atoms with van der Waals surface area (Å²) >= 11 is 14.9. The van der Waals surface area contributed by atoms with E-state index in [4.69, 9.17) is 23.2 Å². The lowest BCUT2D eigenvalue weighted by Gasteiger charge is -2.23. The van der Waals surface area contributed by atoms with Crippen molar-refractivity contribution in [1.82, 2.24) is 5.32 Å². The Balaban J connectivity index is 2.66. The lowest BCUT2D eigenvalue weighted by Crippen LogP contribution is -2.34. The van der Waals surface area contributed by atoms with E-state index in [9.17, 15) is 4.79 Å². The number of rotatable bonds is 5. The zero-order valence-electron chi connectivity index (χ0n) is 10.4. The highest BCUT2D eigenvalue weighted by atomic mass is 79.9. The van der Waals surface area contributed by atoms with E-state index in [2.05, 4.69) is 35.1 Å². The summed E-state index contributed by atoms with van der Waals surface area (Å²) in [6.07, 6.45) is 0.858. The first kappa shape index (κ1) is 15.8. The molecular formula is C13H16BrCl2NO. The van der Waals surface area contributed by atoms with Crippen LogP contribution >= 0.6 is 39.1 Å². The van der Waals surface area contributed by atoms with Crippen LogP contribution in [-0.2, 0) is 0 Å². The van der Waals surface area contributed by atoms with E-state index in [1.54, 1.807) is 18.2 Å². The molecule has 100 valence electrons. The predicted octanol–water partition coefficient (Wildman–Crippen LogP) is 4.49. The average Bonchev–Trinajstić information content (AvgIpc) is 2.26. The van der Waals surface area contributed by atoms with Gasteiger partial charge in [-0.2, -0.15) is 0 Å². The molecule has 0 fully saturated rings. The summed E-state index contributed by atoms with van der Waals surface area (Å²) in [7, 11) is 0. The van der Waals surface area contributed by atoms with Gasteiger partial charge in [0.15, 0.2) is 0 Å². The Labute approximate surface area is 126 Å². The molecular weight excluding hydrogens is 337 g/mol. The second kappa shape index (κ2) is 6.78. The summed E-state index contributed by atoms with van der Waals surface area (Å²) in [6.45, 7) is 4.74. The SMILES string of the molecule is CC(C)(CCCl)CNC(=O)c1ccc(Cl)cc1Br. The van der Waals surface area contributed by atoms with Gasteiger partial charge in [-0.05, 0) is 46.0 Å². The quantitative estimate of drug-likeness (QED) is 0.777. The first-order valence-corrected chi connectivity index (χ1v) is 7.35. The highest BCUT2D eigenvalue weighted by Gasteiger charge is 2.19. The van der Waals surface area contributed by atoms with Crippen LogP contribution in [-0.4, -0.2) is 18.3 Å². The molecule has 0 spiro atoms. The molecule has 1 amide bonds. The lowest BCUT2D eigenvalue weighted by atomic mass is 9.90. The highest BCUT2D eigenvalue weighted by molar-refractivity contribution is 9.10. The Kier molecular flexibility index (Phi) is 5.96. The smallest absolute Gasteiger partial charge is 0.252 e. The van der Waals surface area contributed by atoms with Crippen molar-refractivity contribution in [3.8, 4) is 0 Å². The minimum atomic E-state index is -0.110. The molecule has 0 heterocycles. The number of nitrogens with one attached hydrogen (secondary N) is 1. The van der Waals surface area contributed by atoms with Crippen LogP contribution in [0.1, 0.15) is 30.6 Å². The second-order valence-corrected chi connectivity index (χ2v) is 6.58. The van der Waals surface area contributed by atoms with Crippen molar-refractivity contribution >= 4 is 45.0 Å². The number of amides is 1. The lowest BCUT2D eigenvalue weighted by molar-refractivity contribution is 0.0935. The zero-order chi connectivity index (χ0) is 13.8. The molecule has 0 saturated carbocycles. The Morgan fingerprint density at radius 1 is 1.44 bits per heavy atom. The van der Waals surface area contributed by atoms with Gasteiger partial charge >= 0.3 is 0 Å². The van der Waals surface area contributed by atoms with Crippen LogP contribution < -0.4 is 5.32 Å². The number of carbonyl (C=O) groups excluding carboxylic acids is 1. The highest BCUT2D eigenvalue weighted by Crippen LogP contribution is 2.23. The zero-order valence-corrected chi connectivity index (χ0v) is 13.5. The van der Waals surface area contributed by atoms with Gasteiger partial charge in [0.2, 0.25) is 0 Å². The summed E-state index contributed by atoms with van der Waals surface area (Å²) in [5.41, 5.74) is 0.581. The maximum atomic E-state index is 12.0. The molecule has 0 aliphatic carbocycles. The largest absolute Gasteiger partial charge is 0.351 e. The van der Waals surface area contributed by atoms with Gasteiger partial charge in [0.05, 0.1) is 5.56 Å². The van der Waals surface area contributed by atoms with Crippen LogP contribution in [0.5, 0.6) is 0 Å². The van der Waals surface area contributed by atoms with Crippen molar-refractivity contribution in [2.75, 3.05) is 12.4 Å². The fraction of sp³-hybridized carbons (Fsp3) is 0.462. The molecule has 0 aliphatic heterocycles. The first-order valence-electron chi connectivity index (χ1n) is 5.65. The first-order chi connectivity index (χ1) is 8.35. The van der Waals surface area contributed by atoms with E-state index < -0.39 is 0 Å². The molecule has 18 heavy (non-hydrogen) atoms. The van der Waals surface area contributed by atoms with Gasteiger partial charge in [-0.1, -0.05) is 25.4 Å². The number of hydrogen-bond acceptors (Lipinski definition) is 1. The van der Waals surface area contributed by atoms with E-state index in [0.717, 1.165) is 6.42 Å². The molecule has 1 rings (SSSR count). The maximum Gasteiger partial charge on any atom is 0.252 e. The van der Waals surface area contributed by atoms with Crippen LogP contribution in [0.25, 0.3) is 0 Å². The van der Waals surface area contributed by atoms with Gasteiger partial charge in [0.25, 0.3) is 5.91 Å². The molecule has 0 aliphatic rings. The number of hydrogen-bond donors (Lipinski definition) is 1. The van der Waals surface area contributed by atoms with Crippen LogP contribution in [0, 0.1) is 5.41 Å². The summed E-state index contributed by atoms with van der Waals surface area (Å²) in [4.78, 5) is 12.0. The maximum absolute atomic E-state index is 12.0. The summed E-state index contributed by atoms with van der Waals surface area (Å²) in [5.74, 6) is 0.481. The van der Waals surface area contributed by atoms with Crippen molar-refractivity contribution in [2.24, 2.45) is 5.41 Å². The molecule has 0 unspecified atom stereocenters. The average molecular weight is 353 g/mol. The summed E-state index contributed by atoms with van der Waals surface area (Å²) in [5, 5.41) is 3.51. The van der Waals surface area contributed by atoms with Gasteiger partial charge in [0.1, 0.15) is 0 Å². The Morgan fingerprint density at radius 2 is 2.11 bits per heavy atom. The monoisotopic (exact) mass is 351 g/mol. The van der Waals surface area contributed by atoms with Crippen LogP contribution in [0.2, 0.25) is 5.02 Å². The van der Waals surface area contributed by atoms with Crippen LogP contribution in [0.4, 0.5) is 0 Å². The van der Waals surface area contributed by atoms with Crippen molar-refractivity contribution in [3.05, 3.63) is 33.3 Å². The predicted molar refractivity (Wildman–Crippen MR) is 80.6 cm³/mol. The minimum Gasteiger partial charge on any atom is -0.351 e. The Hall–Kier alpha value is -0.250. The molecule has 0 bridgehead atoms. The molecule has 0 aromatic heterocycles. The van der Waals surface area contributed by atoms with E-state index in [0.29, 0.717) is 27.5 Å². The van der Waals surface area contributed by atoms with E-state index in [-0.39, 0.29) is 11.3 Å². The van der Waals surface area contributed by atoms with Gasteiger partial charge in [-0.3, -0.25) is 4.79 Å². The number of halogens is 3. The van der Waals surface area contributed by atoms with Crippen LogP contribution in [0.3, 0.4) is 0 Å². The van der Waals surface area contributed by atoms with Crippen molar-refractivity contribution in [3.63, 3.8) is 0 Å². The topological polar surface area (TPSA) is 29.1 Å². The van der Waals surface area contributed by atoms with Crippen molar-refractivity contribution in [2.45, 2.75) is 20.3 Å². The second-order valence-electron chi connectivity index (χ2n) is 4.91. The third kappa shape index (κ3) is 4.79. The molecule has 0 atom stereocenters. The van der Waals surface area contributed by atoms with Gasteiger partial charge < -0.3 is 5.32 Å². The molecule has 1 N–H and O–H groups in total. The summed E-state index contributed by atoms with van der Waals surface area (Å²) < 4.78 is 0.697. The van der Waals surface area contributed by atoms with Crippen molar-refractivity contribution < 1.29 is 4.79 Å². The van der Waals surface area contributed by atoms with Gasteiger partial charge in [0, 0.05) is 21.9 Å². The van der Waals surface area contributed by atoms with E-state index in [1.165, 1.54) is 0 Å². The van der Waals surface area contributed by atoms with Crippen molar-refractivity contribution in [1.29, 1.82) is 0 Å². The number of carbonyl (C=O) groups is 1. The Bertz CT molecular complexity index is 435. The van der Waals surface area contributed by atoms with E-state index in [1.807, 2.05) is 0 Å². The Morgan fingerprint density at radius 3 is 2.67 bits per heavy atom. The fourth-order valence-electron chi connectivity index (χ4n) is 1.43. The molecule has 1 aromatic carbocycles. The number of alkyl halides is 1. The third-order valence-electron chi connectivity index (χ3n) is 2.67. The molecule has 5 heteroatoms. The molecule has 0 saturated heterocycles. The standard InChI is InChI=1S/C13H16BrCl2NO/c1-13(2,5-6-15)8-17-12(18)10-4-3-9(16)7-11(10)14/h3-4,7H,5-6,8H2,1-2H3,(H,17,18). The van der Waals surface area contributed by atoms with Gasteiger partial charge in [-0.15, -0.1) is 11.6 Å². The molecule has 2 nitrogen and oxygen atoms in total. The molecule has 0 radical (unpaired) electrons. The molecule has 1 aromatic rings. The summed E-state index contributed by atoms with van der Waals surface area (Å²) in [6, 6.07) is 5.11. The van der Waals surface area contributed by atoms with Crippen LogP contribution in [0.15, 0.2) is 22.7 Å².